The van der Waals surface area contributed by atoms with Gasteiger partial charge in [-0.1, -0.05) is 18.2 Å². The van der Waals surface area contributed by atoms with E-state index >= 15 is 0 Å². The molecule has 1 spiro atoms. The number of nitrogens with zero attached hydrogens (tertiary/aromatic N) is 1. The highest BCUT2D eigenvalue weighted by Gasteiger charge is 2.65. The normalized spacial score (nSPS) is 36.5. The zero-order chi connectivity index (χ0) is 17.3. The Morgan fingerprint density at radius 3 is 2.96 bits per heavy atom. The molecule has 0 radical (unpaired) electrons. The smallest absolute Gasteiger partial charge is 0.335 e. The number of piperidine rings is 1. The van der Waals surface area contributed by atoms with Crippen LogP contribution in [0.2, 0.25) is 0 Å². The molecule has 5 atom stereocenters. The molecule has 5 heteroatoms. The number of nitrogens with one attached hydrogen (secondary N) is 1. The molecule has 2 bridgehead atoms. The number of hydrogen-bond donors (Lipinski definition) is 2. The molecule has 1 aromatic carbocycles. The fraction of sp³-hybridized carbons (Fsp3) is 0.550. The van der Waals surface area contributed by atoms with Crippen LogP contribution >= 0.6 is 0 Å². The van der Waals surface area contributed by atoms with Gasteiger partial charge < -0.3 is 15.2 Å². The van der Waals surface area contributed by atoms with Gasteiger partial charge in [0, 0.05) is 29.3 Å². The molecule has 3 aliphatic heterocycles. The number of aliphatic hydroxyl groups excluding tert-OH is 1. The second-order valence-electron chi connectivity index (χ2n) is 7.87. The van der Waals surface area contributed by atoms with E-state index in [0.29, 0.717) is 0 Å². The maximum absolute atomic E-state index is 12.8. The van der Waals surface area contributed by atoms with E-state index in [-0.39, 0.29) is 29.3 Å². The van der Waals surface area contributed by atoms with Gasteiger partial charge in [-0.3, -0.25) is 4.90 Å². The Kier molecular flexibility index (Phi) is 3.13. The quantitative estimate of drug-likeness (QED) is 0.805. The molecule has 3 heterocycles. The minimum atomic E-state index is -0.457. The zero-order valence-electron chi connectivity index (χ0n) is 14.7. The van der Waals surface area contributed by atoms with Crippen molar-refractivity contribution < 1.29 is 14.6 Å². The lowest BCUT2D eigenvalue weighted by Crippen LogP contribution is -2.60. The molecule has 2 N–H and O–H groups in total. The molecular weight excluding hydrogens is 316 g/mol. The summed E-state index contributed by atoms with van der Waals surface area (Å²) in [6, 6.07) is 8.62. The monoisotopic (exact) mass is 340 g/mol. The van der Waals surface area contributed by atoms with E-state index in [1.807, 2.05) is 13.0 Å². The van der Waals surface area contributed by atoms with Crippen LogP contribution in [0.4, 0.5) is 5.69 Å². The summed E-state index contributed by atoms with van der Waals surface area (Å²) in [6.07, 6.45) is 1.42. The predicted octanol–water partition coefficient (Wildman–Crippen LogP) is 1.88. The summed E-state index contributed by atoms with van der Waals surface area (Å²) in [5.74, 6) is -0.136. The zero-order valence-corrected chi connectivity index (χ0v) is 14.7. The molecule has 5 rings (SSSR count). The molecule has 0 aromatic heterocycles. The summed E-state index contributed by atoms with van der Waals surface area (Å²) in [4.78, 5) is 15.3. The van der Waals surface area contributed by atoms with Crippen LogP contribution in [0.25, 0.3) is 0 Å². The molecule has 5 nitrogen and oxygen atoms in total. The van der Waals surface area contributed by atoms with Crippen LogP contribution in [-0.4, -0.2) is 48.3 Å². The van der Waals surface area contributed by atoms with E-state index in [0.717, 1.165) is 42.9 Å². The molecule has 4 aliphatic rings. The Bertz CT molecular complexity index is 787. The van der Waals surface area contributed by atoms with Crippen LogP contribution < -0.4 is 5.32 Å². The number of fused-ring (bicyclic) bond motifs is 2. The minimum absolute atomic E-state index is 0.0525. The van der Waals surface area contributed by atoms with Gasteiger partial charge >= 0.3 is 5.97 Å². The number of carbonyl (C=O) groups excluding carboxylic acids is 1. The molecule has 1 aliphatic carbocycles. The lowest BCUT2D eigenvalue weighted by Gasteiger charge is -2.53. The van der Waals surface area contributed by atoms with Crippen molar-refractivity contribution in [1.82, 2.24) is 4.90 Å². The number of ether oxygens (including phenoxy) is 1. The van der Waals surface area contributed by atoms with E-state index in [1.165, 1.54) is 12.7 Å². The standard InChI is InChI=1S/C20H24N2O3/c1-11(23)15-12-7-9-22-10-8-20(18(15)22)13-5-3-4-6-14(13)21-17(20)16(12)19(24)25-2/h3-6,11-12,15,18,21,23H,7-10H2,1-2H3/t11-,12-,15-,18+,20+/m0/s1. The average molecular weight is 340 g/mol. The van der Waals surface area contributed by atoms with Crippen LogP contribution in [0.3, 0.4) is 0 Å². The SMILES string of the molecule is COC(=O)C1=C2Nc3ccccc3[C@]23CCN2CC[C@H]1[C@H]([C@H](C)O)[C@@H]23. The van der Waals surface area contributed by atoms with Crippen LogP contribution in [0.15, 0.2) is 35.5 Å². The van der Waals surface area contributed by atoms with Crippen molar-refractivity contribution in [2.45, 2.75) is 37.3 Å². The summed E-state index contributed by atoms with van der Waals surface area (Å²) < 4.78 is 5.19. The Balaban J connectivity index is 1.83. The number of para-hydroxylation sites is 1. The summed E-state index contributed by atoms with van der Waals surface area (Å²) >= 11 is 0. The van der Waals surface area contributed by atoms with Gasteiger partial charge in [-0.25, -0.2) is 4.79 Å². The van der Waals surface area contributed by atoms with Crippen molar-refractivity contribution in [3.05, 3.63) is 41.1 Å². The van der Waals surface area contributed by atoms with Crippen molar-refractivity contribution >= 4 is 11.7 Å². The second-order valence-corrected chi connectivity index (χ2v) is 7.87. The van der Waals surface area contributed by atoms with Gasteiger partial charge in [0.05, 0.1) is 24.2 Å². The van der Waals surface area contributed by atoms with Gasteiger partial charge in [0.1, 0.15) is 0 Å². The molecule has 0 saturated carbocycles. The van der Waals surface area contributed by atoms with Crippen LogP contribution in [0.5, 0.6) is 0 Å². The molecule has 1 aromatic rings. The summed E-state index contributed by atoms with van der Waals surface area (Å²) in [5, 5.41) is 14.2. The molecular formula is C20H24N2O3. The van der Waals surface area contributed by atoms with Crippen molar-refractivity contribution in [1.29, 1.82) is 0 Å². The highest BCUT2D eigenvalue weighted by Crippen LogP contribution is 2.62. The minimum Gasteiger partial charge on any atom is -0.466 e. The van der Waals surface area contributed by atoms with Crippen LogP contribution in [0, 0.1) is 11.8 Å². The van der Waals surface area contributed by atoms with Gasteiger partial charge in [0.2, 0.25) is 0 Å². The lowest BCUT2D eigenvalue weighted by molar-refractivity contribution is -0.138. The summed E-state index contributed by atoms with van der Waals surface area (Å²) in [7, 11) is 1.46. The third-order valence-corrected chi connectivity index (χ3v) is 6.96. The fourth-order valence-corrected chi connectivity index (χ4v) is 6.18. The first kappa shape index (κ1) is 15.4. The number of benzene rings is 1. The van der Waals surface area contributed by atoms with E-state index in [9.17, 15) is 9.90 Å². The second kappa shape index (κ2) is 5.08. The van der Waals surface area contributed by atoms with Gasteiger partial charge in [0.15, 0.2) is 0 Å². The van der Waals surface area contributed by atoms with E-state index < -0.39 is 6.10 Å². The third-order valence-electron chi connectivity index (χ3n) is 6.96. The van der Waals surface area contributed by atoms with E-state index in [4.69, 9.17) is 4.74 Å². The maximum atomic E-state index is 12.8. The Labute approximate surface area is 147 Å². The summed E-state index contributed by atoms with van der Waals surface area (Å²) in [6.45, 7) is 3.87. The number of esters is 1. The number of aliphatic hydroxyl groups is 1. The summed E-state index contributed by atoms with van der Waals surface area (Å²) in [5.41, 5.74) is 3.94. The molecule has 0 amide bonds. The maximum Gasteiger partial charge on any atom is 0.335 e. The van der Waals surface area contributed by atoms with E-state index in [1.54, 1.807) is 0 Å². The first-order chi connectivity index (χ1) is 12.1. The predicted molar refractivity (Wildman–Crippen MR) is 94.0 cm³/mol. The van der Waals surface area contributed by atoms with Gasteiger partial charge in [0.25, 0.3) is 0 Å². The Morgan fingerprint density at radius 1 is 1.40 bits per heavy atom. The van der Waals surface area contributed by atoms with Gasteiger partial charge in [-0.05, 0) is 44.5 Å². The highest BCUT2D eigenvalue weighted by molar-refractivity contribution is 5.93. The highest BCUT2D eigenvalue weighted by atomic mass is 16.5. The molecule has 2 saturated heterocycles. The van der Waals surface area contributed by atoms with Crippen molar-refractivity contribution in [3.8, 4) is 0 Å². The van der Waals surface area contributed by atoms with Gasteiger partial charge in [-0.2, -0.15) is 0 Å². The first-order valence-corrected chi connectivity index (χ1v) is 9.21. The number of hydrogen-bond acceptors (Lipinski definition) is 5. The number of carbonyl (C=O) groups is 1. The van der Waals surface area contributed by atoms with Crippen LogP contribution in [-0.2, 0) is 14.9 Å². The third kappa shape index (κ3) is 1.73. The molecule has 25 heavy (non-hydrogen) atoms. The van der Waals surface area contributed by atoms with Crippen molar-refractivity contribution in [3.63, 3.8) is 0 Å². The molecule has 0 unspecified atom stereocenters. The Morgan fingerprint density at radius 2 is 2.20 bits per heavy atom. The van der Waals surface area contributed by atoms with Crippen LogP contribution in [0.1, 0.15) is 25.3 Å². The van der Waals surface area contributed by atoms with Crippen molar-refractivity contribution in [2.75, 3.05) is 25.5 Å². The topological polar surface area (TPSA) is 61.8 Å². The lowest BCUT2D eigenvalue weighted by atomic mass is 9.57. The number of rotatable bonds is 2. The largest absolute Gasteiger partial charge is 0.466 e. The van der Waals surface area contributed by atoms with Gasteiger partial charge in [-0.15, -0.1) is 0 Å². The Hall–Kier alpha value is -1.85. The first-order valence-electron chi connectivity index (χ1n) is 9.21. The molecule has 132 valence electrons. The average Bonchev–Trinajstić information content (AvgIpc) is 3.17. The molecule has 2 fully saturated rings. The number of anilines is 1. The van der Waals surface area contributed by atoms with E-state index in [2.05, 4.69) is 28.4 Å². The fourth-order valence-electron chi connectivity index (χ4n) is 6.18. The number of methoxy groups -OCH3 is 1. The van der Waals surface area contributed by atoms with Crippen molar-refractivity contribution in [2.24, 2.45) is 11.8 Å².